The van der Waals surface area contributed by atoms with E-state index in [9.17, 15) is 0 Å². The van der Waals surface area contributed by atoms with Crippen molar-refractivity contribution in [3.63, 3.8) is 0 Å². The summed E-state index contributed by atoms with van der Waals surface area (Å²) >= 11 is 13.3. The SMILES string of the molecule is CCc1ccc(-c2nc(Cl)cc(Cl)n2)s1. The molecule has 0 bridgehead atoms. The zero-order valence-electron chi connectivity index (χ0n) is 8.00. The normalized spacial score (nSPS) is 10.6. The molecule has 0 saturated heterocycles. The van der Waals surface area contributed by atoms with E-state index in [1.807, 2.05) is 6.07 Å². The van der Waals surface area contributed by atoms with Gasteiger partial charge in [0.25, 0.3) is 0 Å². The van der Waals surface area contributed by atoms with Gasteiger partial charge in [-0.15, -0.1) is 11.3 Å². The second kappa shape index (κ2) is 4.47. The number of rotatable bonds is 2. The third kappa shape index (κ3) is 2.48. The van der Waals surface area contributed by atoms with E-state index in [-0.39, 0.29) is 0 Å². The summed E-state index contributed by atoms with van der Waals surface area (Å²) in [6.45, 7) is 2.11. The summed E-state index contributed by atoms with van der Waals surface area (Å²) in [5.74, 6) is 0.595. The van der Waals surface area contributed by atoms with Crippen LogP contribution in [0, 0.1) is 0 Å². The monoisotopic (exact) mass is 258 g/mol. The Balaban J connectivity index is 2.44. The van der Waals surface area contributed by atoms with Gasteiger partial charge in [-0.25, -0.2) is 9.97 Å². The van der Waals surface area contributed by atoms with Crippen LogP contribution in [0.15, 0.2) is 18.2 Å². The first kappa shape index (κ1) is 10.9. The molecule has 0 fully saturated rings. The highest BCUT2D eigenvalue weighted by molar-refractivity contribution is 7.15. The Labute approximate surface area is 102 Å². The lowest BCUT2D eigenvalue weighted by Gasteiger charge is -1.97. The Morgan fingerprint density at radius 2 is 1.87 bits per heavy atom. The van der Waals surface area contributed by atoms with E-state index >= 15 is 0 Å². The van der Waals surface area contributed by atoms with E-state index in [4.69, 9.17) is 23.2 Å². The van der Waals surface area contributed by atoms with Crippen LogP contribution >= 0.6 is 34.5 Å². The summed E-state index contributed by atoms with van der Waals surface area (Å²) in [6.07, 6.45) is 1.01. The van der Waals surface area contributed by atoms with Crippen LogP contribution in [-0.2, 0) is 6.42 Å². The van der Waals surface area contributed by atoms with Crippen molar-refractivity contribution >= 4 is 34.5 Å². The minimum absolute atomic E-state index is 0.372. The molecule has 0 aliphatic rings. The minimum atomic E-state index is 0.372. The fraction of sp³-hybridized carbons (Fsp3) is 0.200. The van der Waals surface area contributed by atoms with Crippen LogP contribution in [0.3, 0.4) is 0 Å². The molecular weight excluding hydrogens is 251 g/mol. The highest BCUT2D eigenvalue weighted by atomic mass is 35.5. The number of thiophene rings is 1. The number of nitrogens with zero attached hydrogens (tertiary/aromatic N) is 2. The molecule has 0 aliphatic heterocycles. The van der Waals surface area contributed by atoms with Gasteiger partial charge in [0.05, 0.1) is 4.88 Å². The number of aryl methyl sites for hydroxylation is 1. The fourth-order valence-corrected chi connectivity index (χ4v) is 2.49. The standard InChI is InChI=1S/C10H8Cl2N2S/c1-2-6-3-4-7(15-6)10-13-8(11)5-9(12)14-10/h3-5H,2H2,1H3. The summed E-state index contributed by atoms with van der Waals surface area (Å²) < 4.78 is 0. The molecule has 2 aromatic rings. The van der Waals surface area contributed by atoms with Crippen LogP contribution in [-0.4, -0.2) is 9.97 Å². The summed E-state index contributed by atoms with van der Waals surface area (Å²) in [5, 5.41) is 0.743. The topological polar surface area (TPSA) is 25.8 Å². The number of hydrogen-bond donors (Lipinski definition) is 0. The van der Waals surface area contributed by atoms with Crippen LogP contribution in [0.4, 0.5) is 0 Å². The first-order valence-corrected chi connectivity index (χ1v) is 6.05. The molecular formula is C10H8Cl2N2S. The highest BCUT2D eigenvalue weighted by Gasteiger charge is 2.07. The molecule has 0 unspecified atom stereocenters. The van der Waals surface area contributed by atoms with Crippen molar-refractivity contribution in [3.05, 3.63) is 33.4 Å². The first-order valence-electron chi connectivity index (χ1n) is 4.48. The molecule has 2 rings (SSSR count). The van der Waals surface area contributed by atoms with Gasteiger partial charge in [-0.1, -0.05) is 30.1 Å². The third-order valence-electron chi connectivity index (χ3n) is 1.89. The summed E-state index contributed by atoms with van der Waals surface area (Å²) in [7, 11) is 0. The van der Waals surface area contributed by atoms with Crippen LogP contribution < -0.4 is 0 Å². The van der Waals surface area contributed by atoms with Crippen molar-refractivity contribution in [2.75, 3.05) is 0 Å². The Kier molecular flexibility index (Phi) is 3.24. The number of halogens is 2. The molecule has 0 atom stereocenters. The van der Waals surface area contributed by atoms with Crippen LogP contribution in [0.25, 0.3) is 10.7 Å². The van der Waals surface area contributed by atoms with Crippen molar-refractivity contribution in [1.29, 1.82) is 0 Å². The van der Waals surface area contributed by atoms with Gasteiger partial charge in [0.15, 0.2) is 5.82 Å². The molecule has 0 spiro atoms. The maximum absolute atomic E-state index is 5.81. The molecule has 0 aliphatic carbocycles. The maximum Gasteiger partial charge on any atom is 0.172 e. The average molecular weight is 259 g/mol. The van der Waals surface area contributed by atoms with E-state index in [1.54, 1.807) is 11.3 Å². The predicted molar refractivity (Wildman–Crippen MR) is 64.7 cm³/mol. The van der Waals surface area contributed by atoms with E-state index in [0.29, 0.717) is 16.1 Å². The van der Waals surface area contributed by atoms with Crippen molar-refractivity contribution in [2.24, 2.45) is 0 Å². The van der Waals surface area contributed by atoms with Crippen molar-refractivity contribution in [3.8, 4) is 10.7 Å². The lowest BCUT2D eigenvalue weighted by Crippen LogP contribution is -1.87. The highest BCUT2D eigenvalue weighted by Crippen LogP contribution is 2.27. The first-order chi connectivity index (χ1) is 7.19. The molecule has 0 aromatic carbocycles. The van der Waals surface area contributed by atoms with Gasteiger partial charge in [-0.05, 0) is 18.6 Å². The van der Waals surface area contributed by atoms with E-state index in [1.165, 1.54) is 10.9 Å². The molecule has 0 N–H and O–H groups in total. The predicted octanol–water partition coefficient (Wildman–Crippen LogP) is 4.07. The van der Waals surface area contributed by atoms with Crippen LogP contribution in [0.5, 0.6) is 0 Å². The zero-order chi connectivity index (χ0) is 10.8. The van der Waals surface area contributed by atoms with Gasteiger partial charge in [0, 0.05) is 10.9 Å². The van der Waals surface area contributed by atoms with Gasteiger partial charge in [-0.3, -0.25) is 0 Å². The largest absolute Gasteiger partial charge is 0.215 e. The molecule has 0 amide bonds. The van der Waals surface area contributed by atoms with E-state index < -0.39 is 0 Å². The minimum Gasteiger partial charge on any atom is -0.215 e. The number of hydrogen-bond acceptors (Lipinski definition) is 3. The summed E-state index contributed by atoms with van der Waals surface area (Å²) in [6, 6.07) is 5.59. The molecule has 78 valence electrons. The summed E-state index contributed by atoms with van der Waals surface area (Å²) in [4.78, 5) is 10.6. The van der Waals surface area contributed by atoms with Crippen molar-refractivity contribution < 1.29 is 0 Å². The average Bonchev–Trinajstić information content (AvgIpc) is 2.64. The van der Waals surface area contributed by atoms with Gasteiger partial charge in [0.2, 0.25) is 0 Å². The van der Waals surface area contributed by atoms with Crippen LogP contribution in [0.1, 0.15) is 11.8 Å². The second-order valence-electron chi connectivity index (χ2n) is 2.96. The Morgan fingerprint density at radius 1 is 1.20 bits per heavy atom. The van der Waals surface area contributed by atoms with Crippen LogP contribution in [0.2, 0.25) is 10.3 Å². The Hall–Kier alpha value is -0.640. The molecule has 15 heavy (non-hydrogen) atoms. The van der Waals surface area contributed by atoms with Gasteiger partial charge in [0.1, 0.15) is 10.3 Å². The molecule has 0 radical (unpaired) electrons. The fourth-order valence-electron chi connectivity index (χ4n) is 1.19. The molecule has 0 saturated carbocycles. The van der Waals surface area contributed by atoms with Gasteiger partial charge >= 0.3 is 0 Å². The molecule has 2 aromatic heterocycles. The van der Waals surface area contributed by atoms with Crippen molar-refractivity contribution in [1.82, 2.24) is 9.97 Å². The van der Waals surface area contributed by atoms with E-state index in [2.05, 4.69) is 23.0 Å². The second-order valence-corrected chi connectivity index (χ2v) is 4.90. The van der Waals surface area contributed by atoms with Crippen molar-refractivity contribution in [2.45, 2.75) is 13.3 Å². The molecule has 2 nitrogen and oxygen atoms in total. The molecule has 5 heteroatoms. The lowest BCUT2D eigenvalue weighted by molar-refractivity contribution is 1.19. The van der Waals surface area contributed by atoms with E-state index in [0.717, 1.165) is 11.3 Å². The lowest BCUT2D eigenvalue weighted by atomic mass is 10.3. The van der Waals surface area contributed by atoms with Gasteiger partial charge < -0.3 is 0 Å². The third-order valence-corrected chi connectivity index (χ3v) is 3.51. The quantitative estimate of drug-likeness (QED) is 0.759. The smallest absolute Gasteiger partial charge is 0.172 e. The Bertz CT molecular complexity index is 462. The maximum atomic E-state index is 5.81. The Morgan fingerprint density at radius 3 is 2.40 bits per heavy atom. The number of aromatic nitrogens is 2. The zero-order valence-corrected chi connectivity index (χ0v) is 10.3. The summed E-state index contributed by atoms with van der Waals surface area (Å²) in [5.41, 5.74) is 0. The molecule has 2 heterocycles. The van der Waals surface area contributed by atoms with Gasteiger partial charge in [-0.2, -0.15) is 0 Å².